The van der Waals surface area contributed by atoms with E-state index in [4.69, 9.17) is 9.84 Å². The first kappa shape index (κ1) is 13.4. The van der Waals surface area contributed by atoms with Crippen LogP contribution in [0.15, 0.2) is 30.6 Å². The van der Waals surface area contributed by atoms with Crippen molar-refractivity contribution in [3.8, 4) is 0 Å². The van der Waals surface area contributed by atoms with Gasteiger partial charge in [-0.15, -0.1) is 0 Å². The van der Waals surface area contributed by atoms with Crippen molar-refractivity contribution in [1.29, 1.82) is 0 Å². The summed E-state index contributed by atoms with van der Waals surface area (Å²) >= 11 is 0. The first-order chi connectivity index (χ1) is 10.1. The molecule has 1 saturated heterocycles. The number of aliphatic carboxylic acids is 1. The van der Waals surface area contributed by atoms with Crippen molar-refractivity contribution in [3.63, 3.8) is 0 Å². The fraction of sp³-hybridized carbons (Fsp3) is 0.286. The van der Waals surface area contributed by atoms with Gasteiger partial charge in [0.25, 0.3) is 5.91 Å². The number of rotatable bonds is 2. The molecule has 7 nitrogen and oxygen atoms in total. The third kappa shape index (κ3) is 2.68. The molecule has 1 aliphatic rings. The first-order valence-corrected chi connectivity index (χ1v) is 6.49. The number of carbonyl (C=O) groups excluding carboxylic acids is 1. The number of carbonyl (C=O) groups is 2. The largest absolute Gasteiger partial charge is 0.479 e. The zero-order valence-corrected chi connectivity index (χ0v) is 11.1. The summed E-state index contributed by atoms with van der Waals surface area (Å²) in [7, 11) is 0. The van der Waals surface area contributed by atoms with E-state index in [1.165, 1.54) is 4.90 Å². The normalized spacial score (nSPS) is 18.7. The van der Waals surface area contributed by atoms with Gasteiger partial charge < -0.3 is 14.7 Å². The lowest BCUT2D eigenvalue weighted by Crippen LogP contribution is -2.48. The van der Waals surface area contributed by atoms with Crippen molar-refractivity contribution in [2.24, 2.45) is 0 Å². The summed E-state index contributed by atoms with van der Waals surface area (Å²) in [5.74, 6) is -1.28. The predicted molar refractivity (Wildman–Crippen MR) is 72.8 cm³/mol. The van der Waals surface area contributed by atoms with Gasteiger partial charge in [-0.3, -0.25) is 14.8 Å². The lowest BCUT2D eigenvalue weighted by Gasteiger charge is -2.30. The first-order valence-electron chi connectivity index (χ1n) is 6.49. The number of benzene rings is 1. The van der Waals surface area contributed by atoms with Gasteiger partial charge in [-0.25, -0.2) is 4.79 Å². The van der Waals surface area contributed by atoms with Gasteiger partial charge in [0.2, 0.25) is 0 Å². The molecule has 0 spiro atoms. The summed E-state index contributed by atoms with van der Waals surface area (Å²) in [6.45, 7) is 0.643. The van der Waals surface area contributed by atoms with E-state index in [9.17, 15) is 9.59 Å². The van der Waals surface area contributed by atoms with Crippen LogP contribution in [0, 0.1) is 0 Å². The van der Waals surface area contributed by atoms with Crippen molar-refractivity contribution >= 4 is 22.9 Å². The smallest absolute Gasteiger partial charge is 0.334 e. The lowest BCUT2D eigenvalue weighted by molar-refractivity contribution is -0.154. The molecule has 1 aliphatic heterocycles. The molecule has 1 unspecified atom stereocenters. The highest BCUT2D eigenvalue weighted by atomic mass is 16.5. The summed E-state index contributed by atoms with van der Waals surface area (Å²) in [6.07, 6.45) is 2.18. The molecular weight excluding hydrogens is 274 g/mol. The van der Waals surface area contributed by atoms with Crippen LogP contribution in [0.5, 0.6) is 0 Å². The number of carboxylic acids is 1. The molecule has 0 bridgehead atoms. The SMILES string of the molecule is O=C(O)C1CN(C(=O)c2ccc3nccnc3c2)CCO1. The summed E-state index contributed by atoms with van der Waals surface area (Å²) in [5.41, 5.74) is 1.81. The van der Waals surface area contributed by atoms with Gasteiger partial charge in [-0.2, -0.15) is 0 Å². The van der Waals surface area contributed by atoms with E-state index in [-0.39, 0.29) is 19.1 Å². The second kappa shape index (κ2) is 5.45. The zero-order valence-electron chi connectivity index (χ0n) is 11.1. The third-order valence-corrected chi connectivity index (χ3v) is 3.35. The van der Waals surface area contributed by atoms with E-state index < -0.39 is 12.1 Å². The van der Waals surface area contributed by atoms with Gasteiger partial charge in [0.15, 0.2) is 6.10 Å². The number of hydrogen-bond donors (Lipinski definition) is 1. The molecule has 0 aliphatic carbocycles. The number of amides is 1. The number of ether oxygens (including phenoxy) is 1. The predicted octanol–water partition coefficient (Wildman–Crippen LogP) is 0.555. The van der Waals surface area contributed by atoms with Gasteiger partial charge in [0, 0.05) is 24.5 Å². The highest BCUT2D eigenvalue weighted by Gasteiger charge is 2.29. The molecular formula is C14H13N3O4. The maximum Gasteiger partial charge on any atom is 0.334 e. The Kier molecular flexibility index (Phi) is 3.49. The highest BCUT2D eigenvalue weighted by Crippen LogP contribution is 2.15. The Morgan fingerprint density at radius 2 is 2.00 bits per heavy atom. The van der Waals surface area contributed by atoms with Crippen LogP contribution in [-0.4, -0.2) is 57.7 Å². The Bertz CT molecular complexity index is 703. The van der Waals surface area contributed by atoms with Gasteiger partial charge in [-0.1, -0.05) is 0 Å². The molecule has 0 radical (unpaired) electrons. The summed E-state index contributed by atoms with van der Waals surface area (Å²) in [5, 5.41) is 8.97. The lowest BCUT2D eigenvalue weighted by atomic mass is 10.1. The zero-order chi connectivity index (χ0) is 14.8. The fourth-order valence-electron chi connectivity index (χ4n) is 2.26. The Balaban J connectivity index is 1.84. The van der Waals surface area contributed by atoms with E-state index in [0.717, 1.165) is 0 Å². The molecule has 21 heavy (non-hydrogen) atoms. The second-order valence-electron chi connectivity index (χ2n) is 4.71. The molecule has 1 amide bonds. The van der Waals surface area contributed by atoms with Crippen LogP contribution in [0.1, 0.15) is 10.4 Å². The number of nitrogens with zero attached hydrogens (tertiary/aromatic N) is 3. The average Bonchev–Trinajstić information content (AvgIpc) is 2.53. The van der Waals surface area contributed by atoms with Crippen LogP contribution in [-0.2, 0) is 9.53 Å². The van der Waals surface area contributed by atoms with Crippen molar-refractivity contribution in [2.45, 2.75) is 6.10 Å². The number of hydrogen-bond acceptors (Lipinski definition) is 5. The van der Waals surface area contributed by atoms with Crippen LogP contribution in [0.3, 0.4) is 0 Å². The number of fused-ring (bicyclic) bond motifs is 1. The van der Waals surface area contributed by atoms with Gasteiger partial charge >= 0.3 is 5.97 Å². The molecule has 2 aromatic rings. The molecule has 1 fully saturated rings. The topological polar surface area (TPSA) is 92.6 Å². The minimum absolute atomic E-state index is 0.0483. The van der Waals surface area contributed by atoms with Crippen LogP contribution in [0.25, 0.3) is 11.0 Å². The standard InChI is InChI=1S/C14H13N3O4/c18-13(17-5-6-21-12(8-17)14(19)20)9-1-2-10-11(7-9)16-4-3-15-10/h1-4,7,12H,5-6,8H2,(H,19,20). The van der Waals surface area contributed by atoms with Crippen LogP contribution in [0.2, 0.25) is 0 Å². The summed E-state index contributed by atoms with van der Waals surface area (Å²) in [6, 6.07) is 5.06. The summed E-state index contributed by atoms with van der Waals surface area (Å²) < 4.78 is 5.11. The van der Waals surface area contributed by atoms with E-state index >= 15 is 0 Å². The van der Waals surface area contributed by atoms with Gasteiger partial charge in [0.1, 0.15) is 0 Å². The molecule has 3 rings (SSSR count). The van der Waals surface area contributed by atoms with Crippen molar-refractivity contribution < 1.29 is 19.4 Å². The Morgan fingerprint density at radius 1 is 1.24 bits per heavy atom. The number of carboxylic acid groups (broad SMARTS) is 1. The molecule has 7 heteroatoms. The molecule has 2 heterocycles. The van der Waals surface area contributed by atoms with E-state index in [0.29, 0.717) is 23.1 Å². The van der Waals surface area contributed by atoms with Crippen LogP contribution in [0.4, 0.5) is 0 Å². The van der Waals surface area contributed by atoms with Gasteiger partial charge in [-0.05, 0) is 18.2 Å². The van der Waals surface area contributed by atoms with Crippen LogP contribution >= 0.6 is 0 Å². The summed E-state index contributed by atoms with van der Waals surface area (Å²) in [4.78, 5) is 33.2. The van der Waals surface area contributed by atoms with Gasteiger partial charge in [0.05, 0.1) is 24.2 Å². The third-order valence-electron chi connectivity index (χ3n) is 3.35. The van der Waals surface area contributed by atoms with E-state index in [2.05, 4.69) is 9.97 Å². The van der Waals surface area contributed by atoms with E-state index in [1.807, 2.05) is 0 Å². The maximum absolute atomic E-state index is 12.4. The minimum atomic E-state index is -1.06. The molecule has 1 aromatic heterocycles. The number of aromatic nitrogens is 2. The quantitative estimate of drug-likeness (QED) is 0.867. The fourth-order valence-corrected chi connectivity index (χ4v) is 2.26. The van der Waals surface area contributed by atoms with Crippen LogP contribution < -0.4 is 0 Å². The van der Waals surface area contributed by atoms with Crippen molar-refractivity contribution in [2.75, 3.05) is 19.7 Å². The Hall–Kier alpha value is -2.54. The van der Waals surface area contributed by atoms with Crippen molar-refractivity contribution in [3.05, 3.63) is 36.2 Å². The molecule has 1 atom stereocenters. The minimum Gasteiger partial charge on any atom is -0.479 e. The van der Waals surface area contributed by atoms with Crippen molar-refractivity contribution in [1.82, 2.24) is 14.9 Å². The second-order valence-corrected chi connectivity index (χ2v) is 4.71. The van der Waals surface area contributed by atoms with E-state index in [1.54, 1.807) is 30.6 Å². The number of morpholine rings is 1. The molecule has 108 valence electrons. The molecule has 1 N–H and O–H groups in total. The average molecular weight is 287 g/mol. The molecule has 1 aromatic carbocycles. The monoisotopic (exact) mass is 287 g/mol. The maximum atomic E-state index is 12.4. The molecule has 0 saturated carbocycles. The Morgan fingerprint density at radius 3 is 2.76 bits per heavy atom. The Labute approximate surface area is 120 Å². The highest BCUT2D eigenvalue weighted by molar-refractivity contribution is 5.97.